The zero-order chi connectivity index (χ0) is 13.4. The van der Waals surface area contributed by atoms with Crippen LogP contribution in [0.1, 0.15) is 25.0 Å². The molecule has 2 unspecified atom stereocenters. The number of hydrogen-bond donors (Lipinski definition) is 3. The maximum Gasteiger partial charge on any atom is 0.119 e. The molecule has 0 spiro atoms. The van der Waals surface area contributed by atoms with Gasteiger partial charge in [-0.3, -0.25) is 0 Å². The van der Waals surface area contributed by atoms with E-state index in [0.29, 0.717) is 12.5 Å². The van der Waals surface area contributed by atoms with Gasteiger partial charge in [0.1, 0.15) is 5.75 Å². The highest BCUT2D eigenvalue weighted by molar-refractivity contribution is 5.29. The summed E-state index contributed by atoms with van der Waals surface area (Å²) in [6.07, 6.45) is 0.240. The third-order valence-electron chi connectivity index (χ3n) is 2.93. The summed E-state index contributed by atoms with van der Waals surface area (Å²) in [5.41, 5.74) is 0.844. The molecule has 0 aliphatic heterocycles. The summed E-state index contributed by atoms with van der Waals surface area (Å²) in [7, 11) is 1.61. The fourth-order valence-corrected chi connectivity index (χ4v) is 1.76. The lowest BCUT2D eigenvalue weighted by atomic mass is 10.1. The van der Waals surface area contributed by atoms with Crippen molar-refractivity contribution >= 4 is 0 Å². The van der Waals surface area contributed by atoms with Gasteiger partial charge in [0.2, 0.25) is 0 Å². The van der Waals surface area contributed by atoms with E-state index in [1.165, 1.54) is 0 Å². The highest BCUT2D eigenvalue weighted by Gasteiger charge is 2.09. The number of aliphatic hydroxyl groups excluding tert-OH is 2. The normalized spacial score (nSPS) is 14.2. The average molecular weight is 253 g/mol. The van der Waals surface area contributed by atoms with Crippen LogP contribution in [0.2, 0.25) is 0 Å². The van der Waals surface area contributed by atoms with Crippen LogP contribution in [0.25, 0.3) is 0 Å². The molecule has 18 heavy (non-hydrogen) atoms. The topological polar surface area (TPSA) is 61.7 Å². The van der Waals surface area contributed by atoms with Crippen molar-refractivity contribution in [1.29, 1.82) is 0 Å². The molecule has 0 saturated carbocycles. The first-order valence-electron chi connectivity index (χ1n) is 6.31. The number of ether oxygens (including phenoxy) is 1. The molecular formula is C14H23NO3. The van der Waals surface area contributed by atoms with Crippen LogP contribution in [0.5, 0.6) is 5.75 Å². The molecule has 1 aromatic carbocycles. The predicted molar refractivity (Wildman–Crippen MR) is 71.7 cm³/mol. The lowest BCUT2D eigenvalue weighted by Crippen LogP contribution is -2.26. The van der Waals surface area contributed by atoms with Crippen LogP contribution in [0.3, 0.4) is 0 Å². The van der Waals surface area contributed by atoms with E-state index < -0.39 is 6.10 Å². The van der Waals surface area contributed by atoms with E-state index in [1.54, 1.807) is 7.11 Å². The molecule has 4 nitrogen and oxygen atoms in total. The second-order valence-electron chi connectivity index (χ2n) is 4.57. The van der Waals surface area contributed by atoms with Crippen LogP contribution in [-0.2, 0) is 0 Å². The summed E-state index contributed by atoms with van der Waals surface area (Å²) in [6, 6.07) is 7.44. The second-order valence-corrected chi connectivity index (χ2v) is 4.57. The summed E-state index contributed by atoms with van der Waals surface area (Å²) in [6.45, 7) is 3.58. The van der Waals surface area contributed by atoms with Crippen molar-refractivity contribution in [3.63, 3.8) is 0 Å². The summed E-state index contributed by atoms with van der Waals surface area (Å²) < 4.78 is 5.12. The molecule has 0 aliphatic carbocycles. The van der Waals surface area contributed by atoms with Gasteiger partial charge >= 0.3 is 0 Å². The minimum Gasteiger partial charge on any atom is -0.497 e. The van der Waals surface area contributed by atoms with Crippen LogP contribution < -0.4 is 10.1 Å². The van der Waals surface area contributed by atoms with Gasteiger partial charge in [0.05, 0.1) is 13.2 Å². The lowest BCUT2D eigenvalue weighted by Gasteiger charge is -2.15. The molecule has 2 atom stereocenters. The first-order chi connectivity index (χ1) is 8.67. The molecule has 0 fully saturated rings. The first kappa shape index (κ1) is 15.0. The van der Waals surface area contributed by atoms with E-state index in [0.717, 1.165) is 24.3 Å². The van der Waals surface area contributed by atoms with E-state index in [4.69, 9.17) is 9.84 Å². The Hall–Kier alpha value is -1.10. The third-order valence-corrected chi connectivity index (χ3v) is 2.93. The van der Waals surface area contributed by atoms with Crippen molar-refractivity contribution in [2.45, 2.75) is 19.4 Å². The molecule has 0 radical (unpaired) electrons. The van der Waals surface area contributed by atoms with E-state index in [2.05, 4.69) is 12.2 Å². The lowest BCUT2D eigenvalue weighted by molar-refractivity contribution is 0.171. The Kier molecular flexibility index (Phi) is 6.72. The smallest absolute Gasteiger partial charge is 0.119 e. The van der Waals surface area contributed by atoms with Crippen LogP contribution in [-0.4, -0.2) is 37.0 Å². The van der Waals surface area contributed by atoms with E-state index in [9.17, 15) is 5.11 Å². The highest BCUT2D eigenvalue weighted by atomic mass is 16.5. The Morgan fingerprint density at radius 2 is 2.11 bits per heavy atom. The van der Waals surface area contributed by atoms with Crippen LogP contribution in [0.4, 0.5) is 0 Å². The number of methoxy groups -OCH3 is 1. The second kappa shape index (κ2) is 8.08. The highest BCUT2D eigenvalue weighted by Crippen LogP contribution is 2.18. The predicted octanol–water partition coefficient (Wildman–Crippen LogP) is 1.34. The van der Waals surface area contributed by atoms with E-state index in [-0.39, 0.29) is 6.61 Å². The van der Waals surface area contributed by atoms with Crippen molar-refractivity contribution in [2.75, 3.05) is 26.8 Å². The molecule has 0 aromatic heterocycles. The van der Waals surface area contributed by atoms with Crippen molar-refractivity contribution in [3.05, 3.63) is 29.8 Å². The fourth-order valence-electron chi connectivity index (χ4n) is 1.76. The van der Waals surface area contributed by atoms with Gasteiger partial charge in [0.15, 0.2) is 0 Å². The van der Waals surface area contributed by atoms with Crippen molar-refractivity contribution in [1.82, 2.24) is 5.32 Å². The SMILES string of the molecule is COc1cccc(C(O)CNCC(C)CCO)c1. The zero-order valence-electron chi connectivity index (χ0n) is 11.1. The number of rotatable bonds is 8. The van der Waals surface area contributed by atoms with Crippen LogP contribution in [0.15, 0.2) is 24.3 Å². The summed E-state index contributed by atoms with van der Waals surface area (Å²) in [5.74, 6) is 1.16. The molecule has 0 saturated heterocycles. The van der Waals surface area contributed by atoms with Gasteiger partial charge in [0.25, 0.3) is 0 Å². The number of aliphatic hydroxyl groups is 2. The third kappa shape index (κ3) is 5.04. The number of nitrogens with one attached hydrogen (secondary N) is 1. The molecule has 4 heteroatoms. The van der Waals surface area contributed by atoms with Gasteiger partial charge in [-0.25, -0.2) is 0 Å². The monoisotopic (exact) mass is 253 g/mol. The molecule has 1 aromatic rings. The zero-order valence-corrected chi connectivity index (χ0v) is 11.1. The van der Waals surface area contributed by atoms with Gasteiger partial charge in [-0.15, -0.1) is 0 Å². The largest absolute Gasteiger partial charge is 0.497 e. The van der Waals surface area contributed by atoms with Gasteiger partial charge < -0.3 is 20.3 Å². The molecule has 102 valence electrons. The maximum atomic E-state index is 10.0. The summed E-state index contributed by atoms with van der Waals surface area (Å²) in [4.78, 5) is 0. The molecule has 1 rings (SSSR count). The summed E-state index contributed by atoms with van der Waals surface area (Å²) in [5, 5.41) is 22.0. The van der Waals surface area contributed by atoms with E-state index in [1.807, 2.05) is 24.3 Å². The van der Waals surface area contributed by atoms with Gasteiger partial charge in [-0.1, -0.05) is 19.1 Å². The Morgan fingerprint density at radius 3 is 2.78 bits per heavy atom. The van der Waals surface area contributed by atoms with Crippen molar-refractivity contribution < 1.29 is 14.9 Å². The van der Waals surface area contributed by atoms with Crippen LogP contribution in [0, 0.1) is 5.92 Å². The quantitative estimate of drug-likeness (QED) is 0.654. The van der Waals surface area contributed by atoms with E-state index >= 15 is 0 Å². The van der Waals surface area contributed by atoms with Gasteiger partial charge in [-0.2, -0.15) is 0 Å². The standard InChI is InChI=1S/C14H23NO3/c1-11(6-7-16)9-15-10-14(17)12-4-3-5-13(8-12)18-2/h3-5,8,11,14-17H,6-7,9-10H2,1-2H3. The van der Waals surface area contributed by atoms with Gasteiger partial charge in [-0.05, 0) is 36.6 Å². The Balaban J connectivity index is 2.37. The molecule has 0 aliphatic rings. The molecule has 3 N–H and O–H groups in total. The molecule has 0 amide bonds. The van der Waals surface area contributed by atoms with Crippen molar-refractivity contribution in [2.24, 2.45) is 5.92 Å². The fraction of sp³-hybridized carbons (Fsp3) is 0.571. The molecular weight excluding hydrogens is 230 g/mol. The molecule has 0 heterocycles. The van der Waals surface area contributed by atoms with Gasteiger partial charge in [0, 0.05) is 13.2 Å². The minimum atomic E-state index is -0.540. The van der Waals surface area contributed by atoms with Crippen LogP contribution >= 0.6 is 0 Å². The average Bonchev–Trinajstić information content (AvgIpc) is 2.39. The molecule has 0 bridgehead atoms. The summed E-state index contributed by atoms with van der Waals surface area (Å²) >= 11 is 0. The minimum absolute atomic E-state index is 0.210. The first-order valence-corrected chi connectivity index (χ1v) is 6.31. The number of hydrogen-bond acceptors (Lipinski definition) is 4. The maximum absolute atomic E-state index is 10.0. The Bertz CT molecular complexity index is 344. The Morgan fingerprint density at radius 1 is 1.33 bits per heavy atom. The number of benzene rings is 1. The van der Waals surface area contributed by atoms with Crippen molar-refractivity contribution in [3.8, 4) is 5.75 Å². The Labute approximate surface area is 109 Å².